The molecule has 0 aliphatic heterocycles. The lowest BCUT2D eigenvalue weighted by molar-refractivity contribution is 0.306. The summed E-state index contributed by atoms with van der Waals surface area (Å²) in [5.41, 5.74) is 2.80. The number of methoxy groups -OCH3 is 1. The van der Waals surface area contributed by atoms with Crippen molar-refractivity contribution in [2.75, 3.05) is 13.0 Å². The van der Waals surface area contributed by atoms with Gasteiger partial charge in [0, 0.05) is 5.88 Å². The van der Waals surface area contributed by atoms with Crippen molar-refractivity contribution in [3.63, 3.8) is 0 Å². The van der Waals surface area contributed by atoms with Crippen LogP contribution in [0, 0.1) is 18.3 Å². The third-order valence-corrected chi connectivity index (χ3v) is 4.51. The first kappa shape index (κ1) is 12.8. The number of benzene rings is 1. The fraction of sp³-hybridized carbons (Fsp3) is 0.600. The highest BCUT2D eigenvalue weighted by atomic mass is 35.5. The Balaban J connectivity index is 2.24. The molecule has 0 aromatic heterocycles. The fourth-order valence-electron chi connectivity index (χ4n) is 2.56. The summed E-state index contributed by atoms with van der Waals surface area (Å²) >= 11 is 6.19. The van der Waals surface area contributed by atoms with E-state index in [4.69, 9.17) is 16.3 Å². The summed E-state index contributed by atoms with van der Waals surface area (Å²) in [5.74, 6) is 2.52. The number of ether oxygens (including phenoxy) is 1. The highest BCUT2D eigenvalue weighted by Crippen LogP contribution is 2.48. The second-order valence-electron chi connectivity index (χ2n) is 5.55. The fourth-order valence-corrected chi connectivity index (χ4v) is 2.87. The van der Waals surface area contributed by atoms with Crippen LogP contribution in [0.5, 0.6) is 5.75 Å². The second-order valence-corrected chi connectivity index (χ2v) is 5.82. The first-order chi connectivity index (χ1) is 8.09. The van der Waals surface area contributed by atoms with E-state index in [-0.39, 0.29) is 5.41 Å². The highest BCUT2D eigenvalue weighted by molar-refractivity contribution is 6.18. The number of alkyl halides is 1. The quantitative estimate of drug-likeness (QED) is 0.714. The first-order valence-corrected chi connectivity index (χ1v) is 6.82. The van der Waals surface area contributed by atoms with E-state index in [1.54, 1.807) is 7.11 Å². The Labute approximate surface area is 109 Å². The summed E-state index contributed by atoms with van der Waals surface area (Å²) in [6, 6.07) is 6.38. The molecule has 1 aliphatic rings. The van der Waals surface area contributed by atoms with Gasteiger partial charge in [-0.05, 0) is 49.1 Å². The Hall–Kier alpha value is -0.690. The van der Waals surface area contributed by atoms with Gasteiger partial charge in [0.05, 0.1) is 7.11 Å². The Kier molecular flexibility index (Phi) is 3.67. The van der Waals surface area contributed by atoms with Crippen molar-refractivity contribution in [2.24, 2.45) is 11.3 Å². The van der Waals surface area contributed by atoms with Crippen molar-refractivity contribution < 1.29 is 4.74 Å². The van der Waals surface area contributed by atoms with E-state index in [1.165, 1.54) is 24.0 Å². The molecule has 0 saturated heterocycles. The van der Waals surface area contributed by atoms with Crippen molar-refractivity contribution in [3.8, 4) is 5.75 Å². The molecule has 1 aromatic rings. The van der Waals surface area contributed by atoms with E-state index >= 15 is 0 Å². The van der Waals surface area contributed by atoms with E-state index in [0.717, 1.165) is 24.0 Å². The summed E-state index contributed by atoms with van der Waals surface area (Å²) in [5, 5.41) is 0. The molecular weight excluding hydrogens is 232 g/mol. The molecule has 1 aromatic carbocycles. The molecule has 0 amide bonds. The van der Waals surface area contributed by atoms with Gasteiger partial charge < -0.3 is 4.74 Å². The van der Waals surface area contributed by atoms with Gasteiger partial charge in [-0.25, -0.2) is 0 Å². The highest BCUT2D eigenvalue weighted by Gasteiger charge is 2.41. The zero-order valence-corrected chi connectivity index (χ0v) is 11.7. The van der Waals surface area contributed by atoms with Crippen LogP contribution in [0.2, 0.25) is 0 Å². The molecule has 2 heteroatoms. The average molecular weight is 253 g/mol. The van der Waals surface area contributed by atoms with Gasteiger partial charge in [-0.3, -0.25) is 0 Å². The van der Waals surface area contributed by atoms with Gasteiger partial charge in [0.2, 0.25) is 0 Å². The van der Waals surface area contributed by atoms with Crippen LogP contribution in [0.4, 0.5) is 0 Å². The van der Waals surface area contributed by atoms with Crippen molar-refractivity contribution >= 4 is 11.6 Å². The van der Waals surface area contributed by atoms with E-state index in [2.05, 4.69) is 32.0 Å². The molecule has 2 rings (SSSR count). The van der Waals surface area contributed by atoms with Crippen LogP contribution in [-0.2, 0) is 6.42 Å². The lowest BCUT2D eigenvalue weighted by Gasteiger charge is -2.28. The summed E-state index contributed by atoms with van der Waals surface area (Å²) in [6.45, 7) is 4.43. The van der Waals surface area contributed by atoms with Crippen LogP contribution in [0.15, 0.2) is 18.2 Å². The second kappa shape index (κ2) is 4.89. The Morgan fingerprint density at radius 2 is 2.12 bits per heavy atom. The number of halogens is 1. The molecule has 1 atom stereocenters. The van der Waals surface area contributed by atoms with Crippen molar-refractivity contribution in [2.45, 2.75) is 33.1 Å². The summed E-state index contributed by atoms with van der Waals surface area (Å²) in [6.07, 6.45) is 3.68. The monoisotopic (exact) mass is 252 g/mol. The molecule has 0 heterocycles. The normalized spacial score (nSPS) is 18.8. The zero-order valence-electron chi connectivity index (χ0n) is 10.9. The minimum atomic E-state index is 0.225. The Morgan fingerprint density at radius 1 is 1.41 bits per heavy atom. The Morgan fingerprint density at radius 3 is 2.65 bits per heavy atom. The number of hydrogen-bond acceptors (Lipinski definition) is 1. The minimum Gasteiger partial charge on any atom is -0.496 e. The third-order valence-electron chi connectivity index (χ3n) is 3.90. The topological polar surface area (TPSA) is 9.23 Å². The van der Waals surface area contributed by atoms with Crippen molar-refractivity contribution in [1.29, 1.82) is 0 Å². The van der Waals surface area contributed by atoms with E-state index in [0.29, 0.717) is 0 Å². The lowest BCUT2D eigenvalue weighted by atomic mass is 9.80. The summed E-state index contributed by atoms with van der Waals surface area (Å²) in [7, 11) is 1.74. The van der Waals surface area contributed by atoms with Crippen LogP contribution in [0.25, 0.3) is 0 Å². The maximum atomic E-state index is 6.19. The molecule has 0 spiro atoms. The van der Waals surface area contributed by atoms with Crippen LogP contribution < -0.4 is 4.74 Å². The number of aryl methyl sites for hydroxylation is 1. The van der Waals surface area contributed by atoms with Gasteiger partial charge in [0.15, 0.2) is 0 Å². The predicted octanol–water partition coefficient (Wildman–Crippen LogP) is 4.20. The maximum absolute atomic E-state index is 6.19. The number of rotatable bonds is 5. The standard InChI is InChI=1S/C15H21ClO/c1-11-4-7-14(17-3)12(8-11)9-15(2,10-16)13-5-6-13/h4,7-8,13H,5-6,9-10H2,1-3H3. The summed E-state index contributed by atoms with van der Waals surface area (Å²) in [4.78, 5) is 0. The molecular formula is C15H21ClO. The van der Waals surface area contributed by atoms with E-state index in [9.17, 15) is 0 Å². The Bertz CT molecular complexity index is 398. The largest absolute Gasteiger partial charge is 0.496 e. The lowest BCUT2D eigenvalue weighted by Crippen LogP contribution is -2.24. The zero-order chi connectivity index (χ0) is 12.5. The predicted molar refractivity (Wildman–Crippen MR) is 73.0 cm³/mol. The average Bonchev–Trinajstić information content (AvgIpc) is 3.13. The molecule has 1 nitrogen and oxygen atoms in total. The van der Waals surface area contributed by atoms with E-state index < -0.39 is 0 Å². The van der Waals surface area contributed by atoms with Gasteiger partial charge >= 0.3 is 0 Å². The van der Waals surface area contributed by atoms with Gasteiger partial charge in [-0.15, -0.1) is 11.6 Å². The van der Waals surface area contributed by atoms with Crippen LogP contribution >= 0.6 is 11.6 Å². The van der Waals surface area contributed by atoms with Gasteiger partial charge in [-0.1, -0.05) is 24.6 Å². The third kappa shape index (κ3) is 2.77. The SMILES string of the molecule is COc1ccc(C)cc1CC(C)(CCl)C1CC1. The van der Waals surface area contributed by atoms with E-state index in [1.807, 2.05) is 0 Å². The number of hydrogen-bond donors (Lipinski definition) is 0. The van der Waals surface area contributed by atoms with Crippen molar-refractivity contribution in [3.05, 3.63) is 29.3 Å². The molecule has 94 valence electrons. The minimum absolute atomic E-state index is 0.225. The molecule has 0 N–H and O–H groups in total. The van der Waals surface area contributed by atoms with Gasteiger partial charge in [0.1, 0.15) is 5.75 Å². The summed E-state index contributed by atoms with van der Waals surface area (Å²) < 4.78 is 5.45. The van der Waals surface area contributed by atoms with Crippen LogP contribution in [0.3, 0.4) is 0 Å². The molecule has 1 unspecified atom stereocenters. The van der Waals surface area contributed by atoms with Crippen molar-refractivity contribution in [1.82, 2.24) is 0 Å². The first-order valence-electron chi connectivity index (χ1n) is 6.28. The molecule has 0 radical (unpaired) electrons. The molecule has 0 bridgehead atoms. The maximum Gasteiger partial charge on any atom is 0.122 e. The van der Waals surface area contributed by atoms with Gasteiger partial charge in [0.25, 0.3) is 0 Å². The smallest absolute Gasteiger partial charge is 0.122 e. The molecule has 1 saturated carbocycles. The van der Waals surface area contributed by atoms with Gasteiger partial charge in [-0.2, -0.15) is 0 Å². The van der Waals surface area contributed by atoms with Crippen LogP contribution in [-0.4, -0.2) is 13.0 Å². The molecule has 1 aliphatic carbocycles. The molecule has 17 heavy (non-hydrogen) atoms. The molecule has 1 fully saturated rings. The van der Waals surface area contributed by atoms with Crippen LogP contribution in [0.1, 0.15) is 30.9 Å².